The van der Waals surface area contributed by atoms with E-state index in [0.717, 1.165) is 5.57 Å². The van der Waals surface area contributed by atoms with Gasteiger partial charge in [-0.2, -0.15) is 11.8 Å². The molecule has 2 N–H and O–H groups in total. The van der Waals surface area contributed by atoms with Crippen molar-refractivity contribution in [2.24, 2.45) is 11.8 Å². The number of hydrogen-bond acceptors (Lipinski definition) is 18. The zero-order valence-electron chi connectivity index (χ0n) is 42.2. The molecule has 2 unspecified atom stereocenters. The Morgan fingerprint density at radius 1 is 1.00 bits per heavy atom. The van der Waals surface area contributed by atoms with Crippen LogP contribution in [0.25, 0.3) is 0 Å². The number of aldehydes is 2. The maximum atomic E-state index is 14.3. The Kier molecular flexibility index (Phi) is 19.9. The van der Waals surface area contributed by atoms with Crippen molar-refractivity contribution in [1.29, 1.82) is 0 Å². The molecular formula is C50H66ClN5O15S2. The Hall–Kier alpha value is -4.68. The van der Waals surface area contributed by atoms with Crippen LogP contribution in [0.3, 0.4) is 0 Å². The van der Waals surface area contributed by atoms with Crippen molar-refractivity contribution in [2.45, 2.75) is 112 Å². The second-order valence-electron chi connectivity index (χ2n) is 19.2. The molecule has 10 atom stereocenters. The molecule has 5 aliphatic rings. The molecule has 0 saturated carbocycles. The molecule has 0 aromatic heterocycles. The number of ether oxygens (including phenoxy) is 5. The first kappa shape index (κ1) is 57.6. The largest absolute Gasteiger partial charge is 0.457 e. The number of amides is 6. The van der Waals surface area contributed by atoms with E-state index in [1.165, 1.54) is 51.3 Å². The predicted molar refractivity (Wildman–Crippen MR) is 271 cm³/mol. The fraction of sp³-hybridized carbons (Fsp3) is 0.620. The predicted octanol–water partition coefficient (Wildman–Crippen LogP) is 3.37. The third-order valence-electron chi connectivity index (χ3n) is 14.1. The molecule has 5 aliphatic heterocycles. The number of imide groups is 2. The van der Waals surface area contributed by atoms with E-state index in [-0.39, 0.29) is 110 Å². The van der Waals surface area contributed by atoms with Gasteiger partial charge in [-0.05, 0) is 76.9 Å². The first-order valence-electron chi connectivity index (χ1n) is 24.3. The van der Waals surface area contributed by atoms with Gasteiger partial charge >= 0.3 is 12.1 Å². The fourth-order valence-corrected chi connectivity index (χ4v) is 11.4. The molecule has 23 heteroatoms. The van der Waals surface area contributed by atoms with Crippen molar-refractivity contribution in [1.82, 2.24) is 20.0 Å². The second kappa shape index (κ2) is 25.2. The maximum Gasteiger partial charge on any atom is 0.409 e. The number of fused-ring (bicyclic) bond motifs is 5. The molecule has 400 valence electrons. The highest BCUT2D eigenvalue weighted by atomic mass is 35.5. The lowest BCUT2D eigenvalue weighted by Gasteiger charge is -2.41. The molecule has 0 spiro atoms. The average Bonchev–Trinajstić information content (AvgIpc) is 3.87. The van der Waals surface area contributed by atoms with E-state index in [2.05, 4.69) is 5.32 Å². The van der Waals surface area contributed by atoms with Crippen molar-refractivity contribution in [3.8, 4) is 0 Å². The van der Waals surface area contributed by atoms with Gasteiger partial charge in [-0.3, -0.25) is 53.6 Å². The van der Waals surface area contributed by atoms with Crippen LogP contribution < -0.4 is 10.2 Å². The molecule has 6 amide bonds. The number of thioether (sulfide) groups is 2. The summed E-state index contributed by atoms with van der Waals surface area (Å²) >= 11 is 9.41. The molecule has 4 bridgehead atoms. The Bertz CT molecular complexity index is 2360. The highest BCUT2D eigenvalue weighted by Gasteiger charge is 2.64. The third kappa shape index (κ3) is 13.8. The van der Waals surface area contributed by atoms with Crippen LogP contribution in [0.2, 0.25) is 5.02 Å². The zero-order valence-corrected chi connectivity index (χ0v) is 44.6. The Morgan fingerprint density at radius 3 is 2.26 bits per heavy atom. The van der Waals surface area contributed by atoms with E-state index >= 15 is 0 Å². The molecule has 0 aliphatic carbocycles. The summed E-state index contributed by atoms with van der Waals surface area (Å²) in [4.78, 5) is 122. The van der Waals surface area contributed by atoms with Crippen LogP contribution in [0.15, 0.2) is 35.9 Å². The number of rotatable bonds is 20. The first-order chi connectivity index (χ1) is 34.7. The third-order valence-corrected chi connectivity index (χ3v) is 16.8. The van der Waals surface area contributed by atoms with Gasteiger partial charge in [-0.1, -0.05) is 42.3 Å². The van der Waals surface area contributed by atoms with E-state index in [4.69, 9.17) is 35.3 Å². The Labute approximate surface area is 438 Å². The molecule has 20 nitrogen and oxygen atoms in total. The van der Waals surface area contributed by atoms with Crippen LogP contribution in [0.4, 0.5) is 10.5 Å². The van der Waals surface area contributed by atoms with Crippen molar-refractivity contribution in [3.05, 3.63) is 52.1 Å². The number of epoxide rings is 1. The van der Waals surface area contributed by atoms with E-state index in [1.807, 2.05) is 6.92 Å². The first-order valence-corrected chi connectivity index (χ1v) is 27.0. The van der Waals surface area contributed by atoms with Gasteiger partial charge in [0.2, 0.25) is 29.5 Å². The van der Waals surface area contributed by atoms with E-state index in [1.54, 1.807) is 63.3 Å². The summed E-state index contributed by atoms with van der Waals surface area (Å²) in [6.45, 7) is 8.27. The molecule has 4 saturated heterocycles. The van der Waals surface area contributed by atoms with Crippen molar-refractivity contribution in [3.63, 3.8) is 0 Å². The summed E-state index contributed by atoms with van der Waals surface area (Å²) in [5.41, 5.74) is -1.45. The normalized spacial score (nSPS) is 30.4. The summed E-state index contributed by atoms with van der Waals surface area (Å²) in [5.74, 6) is -3.47. The summed E-state index contributed by atoms with van der Waals surface area (Å²) < 4.78 is 29.2. The van der Waals surface area contributed by atoms with Crippen LogP contribution in [-0.4, -0.2) is 192 Å². The van der Waals surface area contributed by atoms with Crippen molar-refractivity contribution < 1.29 is 71.9 Å². The monoisotopic (exact) mass is 1080 g/mol. The number of aliphatic hydroxyl groups is 1. The number of carbonyl (C=O) groups is 9. The molecule has 0 radical (unpaired) electrons. The quantitative estimate of drug-likeness (QED) is 0.0625. The summed E-state index contributed by atoms with van der Waals surface area (Å²) in [6.07, 6.45) is 4.42. The van der Waals surface area contributed by atoms with Gasteiger partial charge in [0.1, 0.15) is 30.1 Å². The SMILES string of the molecule is CSC1CC(=O)N(CCOCCOCCN2C(=O)CC(SCCCN(C)[C@@H](C)C(=O)O[C@H]3CC(=O)N(C)c4cc(cc(C=O)c4Cl)C/C(C)=C/C=C/[C@@H](C=O)[C@@]4(O)C[C@H](OC(=O)N4)[C@@H](C)[C@@H]4O[C@@]34C)C2=O)C1=O. The minimum Gasteiger partial charge on any atom is -0.457 e. The van der Waals surface area contributed by atoms with Crippen LogP contribution in [0.1, 0.15) is 75.7 Å². The van der Waals surface area contributed by atoms with Gasteiger partial charge in [0.05, 0.1) is 79.2 Å². The fourth-order valence-electron chi connectivity index (χ4n) is 9.41. The number of nitrogens with one attached hydrogen (secondary N) is 1. The number of likely N-dealkylation sites (N-methyl/N-ethyl adjacent to an activating group) is 1. The van der Waals surface area contributed by atoms with E-state index in [9.17, 15) is 48.3 Å². The number of alkyl carbamates (subject to hydrolysis) is 1. The van der Waals surface area contributed by atoms with Gasteiger partial charge in [0, 0.05) is 37.8 Å². The maximum absolute atomic E-state index is 14.3. The lowest BCUT2D eigenvalue weighted by Crippen LogP contribution is -2.61. The number of anilines is 1. The highest BCUT2D eigenvalue weighted by molar-refractivity contribution is 8.00. The zero-order chi connectivity index (χ0) is 53.4. The van der Waals surface area contributed by atoms with Gasteiger partial charge < -0.3 is 38.5 Å². The number of nitrogens with zero attached hydrogens (tertiary/aromatic N) is 4. The van der Waals surface area contributed by atoms with E-state index in [0.29, 0.717) is 43.3 Å². The molecule has 5 heterocycles. The smallest absolute Gasteiger partial charge is 0.409 e. The molecule has 1 aromatic rings. The Morgan fingerprint density at radius 2 is 1.64 bits per heavy atom. The lowest BCUT2D eigenvalue weighted by atomic mass is 9.82. The number of halogens is 1. The molecule has 4 fully saturated rings. The average molecular weight is 1080 g/mol. The number of benzene rings is 1. The summed E-state index contributed by atoms with van der Waals surface area (Å²) in [6, 6.07) is 2.48. The van der Waals surface area contributed by atoms with Gasteiger partial charge in [0.15, 0.2) is 12.0 Å². The van der Waals surface area contributed by atoms with Crippen LogP contribution in [0.5, 0.6) is 0 Å². The second-order valence-corrected chi connectivity index (χ2v) is 22.0. The minimum absolute atomic E-state index is 0.0497. The van der Waals surface area contributed by atoms with Crippen LogP contribution in [-0.2, 0) is 63.7 Å². The van der Waals surface area contributed by atoms with Crippen LogP contribution >= 0.6 is 35.1 Å². The molecular weight excluding hydrogens is 1010 g/mol. The van der Waals surface area contributed by atoms with E-state index < -0.39 is 70.7 Å². The topological polar surface area (TPSA) is 248 Å². The summed E-state index contributed by atoms with van der Waals surface area (Å²) in [5, 5.41) is 13.3. The van der Waals surface area contributed by atoms with Gasteiger partial charge in [0.25, 0.3) is 0 Å². The van der Waals surface area contributed by atoms with Gasteiger partial charge in [-0.25, -0.2) is 4.79 Å². The lowest BCUT2D eigenvalue weighted by molar-refractivity contribution is -0.159. The molecule has 1 aromatic carbocycles. The number of hydrogen-bond donors (Lipinski definition) is 2. The van der Waals surface area contributed by atoms with Crippen molar-refractivity contribution >= 4 is 95.0 Å². The van der Waals surface area contributed by atoms with Crippen LogP contribution in [0, 0.1) is 11.8 Å². The standard InChI is InChI=1S/C50H66ClN5O15S2/c1-29-10-8-11-34(28-58)50(66)26-36(69-48(65)52-50)30(2)44-49(4,71-44)39(25-40(59)54(6)35-22-32(20-29)21-33(27-57)43(35)51)70-47(64)31(3)53(5)12-9-19-73-38-24-42(61)56(46(38)63)14-16-68-18-17-67-15-13-55-41(60)23-37(72-7)45(55)62/h8,10-11,21-22,27-28,30-31,34,36-39,44,66H,9,12-20,23-26H2,1-7H3,(H,52,65)/b11-8+,29-10+/t30-,31+,34+,36+,37?,38?,39+,44+,49+,50+/m1/s1. The number of likely N-dealkylation sites (tertiary alicyclic amines) is 2. The molecule has 6 rings (SSSR count). The Balaban J connectivity index is 1.04. The highest BCUT2D eigenvalue weighted by Crippen LogP contribution is 2.49. The van der Waals surface area contributed by atoms with Gasteiger partial charge in [-0.15, -0.1) is 11.8 Å². The number of carbonyl (C=O) groups excluding carboxylic acids is 9. The molecule has 73 heavy (non-hydrogen) atoms. The number of esters is 1. The number of allylic oxidation sites excluding steroid dienone is 3. The minimum atomic E-state index is -2.02. The summed E-state index contributed by atoms with van der Waals surface area (Å²) in [7, 11) is 3.24. The van der Waals surface area contributed by atoms with Crippen molar-refractivity contribution in [2.75, 3.05) is 77.1 Å².